The molecule has 2 nitrogen and oxygen atoms in total. The second-order valence-electron chi connectivity index (χ2n) is 5.80. The molecule has 0 spiro atoms. The number of hydrogen-bond acceptors (Lipinski definition) is 2. The Hall–Kier alpha value is -2.39. The van der Waals surface area contributed by atoms with Crippen LogP contribution in [-0.4, -0.2) is 10.9 Å². The van der Waals surface area contributed by atoms with Crippen molar-refractivity contribution in [3.05, 3.63) is 111 Å². The van der Waals surface area contributed by atoms with Gasteiger partial charge in [-0.25, -0.2) is 0 Å². The Labute approximate surface area is 162 Å². The zero-order valence-electron chi connectivity index (χ0n) is 13.8. The molecule has 26 heavy (non-hydrogen) atoms. The Bertz CT molecular complexity index is 915. The zero-order valence-corrected chi connectivity index (χ0v) is 15.3. The third kappa shape index (κ3) is 4.41. The molecule has 0 aliphatic heterocycles. The molecule has 1 atom stereocenters. The fraction of sp³-hybridized carbons (Fsp3) is 0.0455. The van der Waals surface area contributed by atoms with E-state index in [-0.39, 0.29) is 11.4 Å². The largest absolute Gasteiger partial charge is 0.384 e. The summed E-state index contributed by atoms with van der Waals surface area (Å²) in [6.07, 6.45) is 0.631. The van der Waals surface area contributed by atoms with Crippen LogP contribution in [0.5, 0.6) is 0 Å². The van der Waals surface area contributed by atoms with Crippen molar-refractivity contribution >= 4 is 35.1 Å². The van der Waals surface area contributed by atoms with Crippen LogP contribution in [0.15, 0.2) is 84.4 Å². The second kappa shape index (κ2) is 8.33. The highest BCUT2D eigenvalue weighted by Gasteiger charge is 2.22. The summed E-state index contributed by atoms with van der Waals surface area (Å²) in [6.45, 7) is 0. The Morgan fingerprint density at radius 1 is 0.808 bits per heavy atom. The lowest BCUT2D eigenvalue weighted by Gasteiger charge is -2.15. The summed E-state index contributed by atoms with van der Waals surface area (Å²) in [7, 11) is 0. The van der Waals surface area contributed by atoms with Gasteiger partial charge in [0.15, 0.2) is 5.78 Å². The molecule has 0 aliphatic carbocycles. The first kappa shape index (κ1) is 18.4. The first-order valence-corrected chi connectivity index (χ1v) is 8.80. The van der Waals surface area contributed by atoms with Crippen LogP contribution in [0, 0.1) is 0 Å². The van der Waals surface area contributed by atoms with Gasteiger partial charge in [0.25, 0.3) is 0 Å². The van der Waals surface area contributed by atoms with Crippen molar-refractivity contribution in [2.24, 2.45) is 0 Å². The molecule has 0 aromatic heterocycles. The van der Waals surface area contributed by atoms with Gasteiger partial charge in [-0.3, -0.25) is 4.79 Å². The predicted octanol–water partition coefficient (Wildman–Crippen LogP) is 5.99. The lowest BCUT2D eigenvalue weighted by atomic mass is 9.92. The molecule has 130 valence electrons. The summed E-state index contributed by atoms with van der Waals surface area (Å²) in [5, 5.41) is 12.0. The van der Waals surface area contributed by atoms with Gasteiger partial charge in [-0.05, 0) is 53.6 Å². The van der Waals surface area contributed by atoms with E-state index in [0.29, 0.717) is 21.2 Å². The van der Waals surface area contributed by atoms with Gasteiger partial charge in [0.05, 0.1) is 0 Å². The van der Waals surface area contributed by atoms with Gasteiger partial charge >= 0.3 is 0 Å². The average Bonchev–Trinajstić information content (AvgIpc) is 2.67. The van der Waals surface area contributed by atoms with Crippen LogP contribution in [0.3, 0.4) is 0 Å². The van der Waals surface area contributed by atoms with E-state index >= 15 is 0 Å². The highest BCUT2D eigenvalue weighted by molar-refractivity contribution is 6.31. The first-order valence-electron chi connectivity index (χ1n) is 8.05. The monoisotopic (exact) mass is 382 g/mol. The Balaban J connectivity index is 2.04. The van der Waals surface area contributed by atoms with E-state index in [0.717, 1.165) is 5.56 Å². The van der Waals surface area contributed by atoms with Crippen LogP contribution in [0.2, 0.25) is 10.0 Å². The molecule has 1 N–H and O–H groups in total. The smallest absolute Gasteiger partial charge is 0.191 e. The number of rotatable bonds is 5. The number of hydrogen-bond donors (Lipinski definition) is 1. The molecule has 0 radical (unpaired) electrons. The molecule has 0 fully saturated rings. The minimum atomic E-state index is -1.07. The molecule has 0 saturated heterocycles. The lowest BCUT2D eigenvalue weighted by Crippen LogP contribution is -2.12. The van der Waals surface area contributed by atoms with Crippen LogP contribution < -0.4 is 0 Å². The summed E-state index contributed by atoms with van der Waals surface area (Å²) in [4.78, 5) is 13.0. The van der Waals surface area contributed by atoms with E-state index in [4.69, 9.17) is 23.2 Å². The molecule has 0 saturated carbocycles. The van der Waals surface area contributed by atoms with E-state index in [1.165, 1.54) is 0 Å². The summed E-state index contributed by atoms with van der Waals surface area (Å²) < 4.78 is 0. The molecular formula is C22H16Cl2O2. The number of halogens is 2. The number of Topliss-reactive ketones (excluding diaryl/α,β-unsaturated/α-hetero) is 1. The lowest BCUT2D eigenvalue weighted by molar-refractivity contribution is 0.0989. The molecular weight excluding hydrogens is 367 g/mol. The molecule has 3 rings (SSSR count). The number of benzene rings is 3. The maximum absolute atomic E-state index is 13.0. The predicted molar refractivity (Wildman–Crippen MR) is 107 cm³/mol. The van der Waals surface area contributed by atoms with E-state index in [9.17, 15) is 9.90 Å². The van der Waals surface area contributed by atoms with Crippen LogP contribution in [0.4, 0.5) is 0 Å². The normalized spacial score (nSPS) is 12.7. The molecule has 0 bridgehead atoms. The van der Waals surface area contributed by atoms with Crippen molar-refractivity contribution in [3.8, 4) is 0 Å². The van der Waals surface area contributed by atoms with Gasteiger partial charge < -0.3 is 5.11 Å². The van der Waals surface area contributed by atoms with Gasteiger partial charge in [0, 0.05) is 21.2 Å². The first-order chi connectivity index (χ1) is 12.5. The van der Waals surface area contributed by atoms with Crippen molar-refractivity contribution in [1.29, 1.82) is 0 Å². The van der Waals surface area contributed by atoms with E-state index < -0.39 is 6.10 Å². The summed E-state index contributed by atoms with van der Waals surface area (Å²) in [6, 6.07) is 22.8. The number of carbonyl (C=O) groups is 1. The molecule has 0 aliphatic rings. The third-order valence-electron chi connectivity index (χ3n) is 3.97. The summed E-state index contributed by atoms with van der Waals surface area (Å²) >= 11 is 11.8. The van der Waals surface area contributed by atoms with Gasteiger partial charge in [-0.1, -0.05) is 65.7 Å². The molecule has 1 unspecified atom stereocenters. The average molecular weight is 383 g/mol. The highest BCUT2D eigenvalue weighted by Crippen LogP contribution is 2.28. The van der Waals surface area contributed by atoms with Gasteiger partial charge in [-0.15, -0.1) is 0 Å². The van der Waals surface area contributed by atoms with Gasteiger partial charge in [0.1, 0.15) is 6.10 Å². The van der Waals surface area contributed by atoms with E-state index in [1.807, 2.05) is 30.3 Å². The van der Waals surface area contributed by atoms with Crippen molar-refractivity contribution in [3.63, 3.8) is 0 Å². The SMILES string of the molecule is O=C(/C(=C\c1ccccc1)C(O)c1ccc(Cl)cc1)c1ccc(Cl)cc1. The molecule has 0 heterocycles. The topological polar surface area (TPSA) is 37.3 Å². The number of aliphatic hydroxyl groups excluding tert-OH is 1. The van der Waals surface area contributed by atoms with Crippen molar-refractivity contribution in [1.82, 2.24) is 0 Å². The quantitative estimate of drug-likeness (QED) is 0.434. The maximum atomic E-state index is 13.0. The number of ketones is 1. The molecule has 3 aromatic rings. The van der Waals surface area contributed by atoms with Crippen LogP contribution >= 0.6 is 23.2 Å². The van der Waals surface area contributed by atoms with Crippen molar-refractivity contribution in [2.45, 2.75) is 6.10 Å². The number of aliphatic hydroxyl groups is 1. The highest BCUT2D eigenvalue weighted by atomic mass is 35.5. The number of carbonyl (C=O) groups excluding carboxylic acids is 1. The van der Waals surface area contributed by atoms with Gasteiger partial charge in [0.2, 0.25) is 0 Å². The fourth-order valence-corrected chi connectivity index (χ4v) is 2.84. The zero-order chi connectivity index (χ0) is 18.5. The third-order valence-corrected chi connectivity index (χ3v) is 4.47. The Morgan fingerprint density at radius 3 is 1.92 bits per heavy atom. The summed E-state index contributed by atoms with van der Waals surface area (Å²) in [5.41, 5.74) is 2.17. The van der Waals surface area contributed by atoms with Crippen LogP contribution in [0.1, 0.15) is 27.6 Å². The van der Waals surface area contributed by atoms with Crippen LogP contribution in [0.25, 0.3) is 6.08 Å². The second-order valence-corrected chi connectivity index (χ2v) is 6.67. The molecule has 3 aromatic carbocycles. The molecule has 0 amide bonds. The Morgan fingerprint density at radius 2 is 1.35 bits per heavy atom. The minimum absolute atomic E-state index is 0.257. The molecule has 4 heteroatoms. The minimum Gasteiger partial charge on any atom is -0.384 e. The van der Waals surface area contributed by atoms with Crippen molar-refractivity contribution in [2.75, 3.05) is 0 Å². The van der Waals surface area contributed by atoms with Crippen LogP contribution in [-0.2, 0) is 0 Å². The van der Waals surface area contributed by atoms with Crippen molar-refractivity contribution < 1.29 is 9.90 Å². The fourth-order valence-electron chi connectivity index (χ4n) is 2.59. The van der Waals surface area contributed by atoms with Gasteiger partial charge in [-0.2, -0.15) is 0 Å². The maximum Gasteiger partial charge on any atom is 0.191 e. The Kier molecular flexibility index (Phi) is 5.89. The summed E-state index contributed by atoms with van der Waals surface area (Å²) in [5.74, 6) is -0.257. The standard InChI is InChI=1S/C22H16Cl2O2/c23-18-10-6-16(7-11-18)21(25)20(14-15-4-2-1-3-5-15)22(26)17-8-12-19(24)13-9-17/h1-14,21,25H/b20-14-. The van der Waals surface area contributed by atoms with E-state index in [1.54, 1.807) is 54.6 Å². The van der Waals surface area contributed by atoms with E-state index in [2.05, 4.69) is 0 Å².